The minimum atomic E-state index is -0.988. The highest BCUT2D eigenvalue weighted by molar-refractivity contribution is 5.89. The maximum atomic E-state index is 11.8. The second-order valence-electron chi connectivity index (χ2n) is 5.20. The van der Waals surface area contributed by atoms with Gasteiger partial charge >= 0.3 is 5.97 Å². The Morgan fingerprint density at radius 1 is 1.56 bits per heavy atom. The summed E-state index contributed by atoms with van der Waals surface area (Å²) in [6, 6.07) is 0. The number of aliphatic hydroxyl groups is 1. The van der Waals surface area contributed by atoms with Crippen LogP contribution in [0.2, 0.25) is 0 Å². The van der Waals surface area contributed by atoms with Crippen LogP contribution in [0.25, 0.3) is 0 Å². The van der Waals surface area contributed by atoms with Gasteiger partial charge in [-0.25, -0.2) is 0 Å². The second kappa shape index (κ2) is 3.55. The fourth-order valence-corrected chi connectivity index (χ4v) is 3.36. The maximum Gasteiger partial charge on any atom is 0.305 e. The molecule has 2 aliphatic carbocycles. The number of fused-ring (bicyclic) bond motifs is 1. The predicted octanol–water partition coefficient (Wildman–Crippen LogP) is 1.06. The van der Waals surface area contributed by atoms with Gasteiger partial charge in [0.15, 0.2) is 0 Å². The van der Waals surface area contributed by atoms with E-state index in [1.165, 1.54) is 7.11 Å². The molecule has 0 unspecified atom stereocenters. The lowest BCUT2D eigenvalue weighted by Crippen LogP contribution is -2.45. The van der Waals surface area contributed by atoms with Crippen LogP contribution in [0.1, 0.15) is 39.0 Å². The normalized spacial score (nSPS) is 42.2. The van der Waals surface area contributed by atoms with Crippen LogP contribution in [0, 0.1) is 11.3 Å². The Bertz CT molecular complexity index is 338. The summed E-state index contributed by atoms with van der Waals surface area (Å²) in [7, 11) is 1.35. The largest absolute Gasteiger partial charge is 0.469 e. The summed E-state index contributed by atoms with van der Waals surface area (Å²) in [6.07, 6.45) is 2.56. The van der Waals surface area contributed by atoms with Crippen LogP contribution in [0.5, 0.6) is 0 Å². The molecule has 0 radical (unpaired) electrons. The molecule has 2 rings (SSSR count). The Morgan fingerprint density at radius 3 is 2.88 bits per heavy atom. The highest BCUT2D eigenvalue weighted by Crippen LogP contribution is 2.58. The number of hydrogen-bond acceptors (Lipinski definition) is 4. The first kappa shape index (κ1) is 11.6. The van der Waals surface area contributed by atoms with Gasteiger partial charge in [0.1, 0.15) is 5.78 Å². The van der Waals surface area contributed by atoms with Crippen molar-refractivity contribution in [2.75, 3.05) is 7.11 Å². The number of hydrogen-bond donors (Lipinski definition) is 1. The minimum Gasteiger partial charge on any atom is -0.469 e. The molecule has 4 heteroatoms. The molecule has 16 heavy (non-hydrogen) atoms. The first-order chi connectivity index (χ1) is 7.44. The van der Waals surface area contributed by atoms with E-state index in [2.05, 4.69) is 4.74 Å². The SMILES string of the molecule is COC(=O)C[C@@H]1CC[C@]2(C)C(=O)CC[C@]12O. The summed E-state index contributed by atoms with van der Waals surface area (Å²) in [5.74, 6) is -0.291. The molecular formula is C12H18O4. The van der Waals surface area contributed by atoms with Gasteiger partial charge in [-0.1, -0.05) is 0 Å². The molecule has 3 atom stereocenters. The van der Waals surface area contributed by atoms with Crippen LogP contribution in [0.4, 0.5) is 0 Å². The summed E-state index contributed by atoms with van der Waals surface area (Å²) in [4.78, 5) is 23.1. The molecule has 0 aromatic heterocycles. The van der Waals surface area contributed by atoms with E-state index in [0.29, 0.717) is 19.3 Å². The van der Waals surface area contributed by atoms with Gasteiger partial charge in [0.2, 0.25) is 0 Å². The van der Waals surface area contributed by atoms with Gasteiger partial charge in [0.25, 0.3) is 0 Å². The number of carbonyl (C=O) groups excluding carboxylic acids is 2. The molecule has 0 spiro atoms. The lowest BCUT2D eigenvalue weighted by atomic mass is 9.74. The third-order valence-corrected chi connectivity index (χ3v) is 4.61. The Labute approximate surface area is 95.0 Å². The van der Waals surface area contributed by atoms with Crippen molar-refractivity contribution in [3.05, 3.63) is 0 Å². The quantitative estimate of drug-likeness (QED) is 0.715. The molecule has 90 valence electrons. The number of carbonyl (C=O) groups is 2. The van der Waals surface area contributed by atoms with Crippen molar-refractivity contribution in [2.24, 2.45) is 11.3 Å². The summed E-state index contributed by atoms with van der Waals surface area (Å²) in [5.41, 5.74) is -1.62. The lowest BCUT2D eigenvalue weighted by Gasteiger charge is -2.35. The number of ether oxygens (including phenoxy) is 1. The van der Waals surface area contributed by atoms with Crippen LogP contribution in [-0.4, -0.2) is 29.6 Å². The number of Topliss-reactive ketones (excluding diaryl/α,β-unsaturated/α-hetero) is 1. The van der Waals surface area contributed by atoms with Crippen LogP contribution >= 0.6 is 0 Å². The molecule has 4 nitrogen and oxygen atoms in total. The van der Waals surface area contributed by atoms with E-state index in [1.54, 1.807) is 0 Å². The van der Waals surface area contributed by atoms with Crippen molar-refractivity contribution in [3.63, 3.8) is 0 Å². The van der Waals surface area contributed by atoms with Gasteiger partial charge in [-0.3, -0.25) is 9.59 Å². The average molecular weight is 226 g/mol. The average Bonchev–Trinajstić information content (AvgIpc) is 2.63. The molecule has 1 N–H and O–H groups in total. The molecule has 0 amide bonds. The van der Waals surface area contributed by atoms with Crippen molar-refractivity contribution >= 4 is 11.8 Å². The van der Waals surface area contributed by atoms with Gasteiger partial charge < -0.3 is 9.84 Å². The molecular weight excluding hydrogens is 208 g/mol. The monoisotopic (exact) mass is 226 g/mol. The van der Waals surface area contributed by atoms with Gasteiger partial charge in [0, 0.05) is 6.42 Å². The second-order valence-corrected chi connectivity index (χ2v) is 5.20. The Morgan fingerprint density at radius 2 is 2.25 bits per heavy atom. The van der Waals surface area contributed by atoms with Gasteiger partial charge in [-0.05, 0) is 32.1 Å². The van der Waals surface area contributed by atoms with E-state index < -0.39 is 11.0 Å². The number of methoxy groups -OCH3 is 1. The van der Waals surface area contributed by atoms with Crippen LogP contribution in [0.3, 0.4) is 0 Å². The highest BCUT2D eigenvalue weighted by Gasteiger charge is 2.63. The molecule has 2 saturated carbocycles. The molecule has 0 aliphatic heterocycles. The van der Waals surface area contributed by atoms with Crippen LogP contribution < -0.4 is 0 Å². The zero-order chi connectivity index (χ0) is 12.0. The third-order valence-electron chi connectivity index (χ3n) is 4.61. The molecule has 0 saturated heterocycles. The fourth-order valence-electron chi connectivity index (χ4n) is 3.36. The van der Waals surface area contributed by atoms with E-state index in [-0.39, 0.29) is 24.1 Å². The zero-order valence-electron chi connectivity index (χ0n) is 9.78. The van der Waals surface area contributed by atoms with Crippen LogP contribution in [0.15, 0.2) is 0 Å². The topological polar surface area (TPSA) is 63.6 Å². The predicted molar refractivity (Wildman–Crippen MR) is 56.7 cm³/mol. The van der Waals surface area contributed by atoms with E-state index in [0.717, 1.165) is 6.42 Å². The standard InChI is InChI=1S/C12H18O4/c1-11-5-3-8(7-10(14)16-2)12(11,15)6-4-9(11)13/h8,15H,3-7H2,1-2H3/t8-,11+,12-/m0/s1. The first-order valence-electron chi connectivity index (χ1n) is 5.76. The van der Waals surface area contributed by atoms with E-state index in [1.807, 2.05) is 6.92 Å². The third kappa shape index (κ3) is 1.32. The summed E-state index contributed by atoms with van der Waals surface area (Å²) in [5, 5.41) is 10.6. The van der Waals surface area contributed by atoms with Crippen molar-refractivity contribution in [2.45, 2.75) is 44.6 Å². The highest BCUT2D eigenvalue weighted by atomic mass is 16.5. The van der Waals surface area contributed by atoms with Crippen LogP contribution in [-0.2, 0) is 14.3 Å². The number of rotatable bonds is 2. The summed E-state index contributed by atoms with van der Waals surface area (Å²) in [6.45, 7) is 1.83. The van der Waals surface area contributed by atoms with Crippen molar-refractivity contribution in [1.82, 2.24) is 0 Å². The Balaban J connectivity index is 2.20. The number of ketones is 1. The van der Waals surface area contributed by atoms with Gasteiger partial charge in [0.05, 0.1) is 24.5 Å². The molecule has 0 aromatic rings. The molecule has 0 bridgehead atoms. The van der Waals surface area contributed by atoms with Gasteiger partial charge in [-0.2, -0.15) is 0 Å². The van der Waals surface area contributed by atoms with Gasteiger partial charge in [-0.15, -0.1) is 0 Å². The Hall–Kier alpha value is -0.900. The van der Waals surface area contributed by atoms with Crippen molar-refractivity contribution in [3.8, 4) is 0 Å². The first-order valence-corrected chi connectivity index (χ1v) is 5.76. The lowest BCUT2D eigenvalue weighted by molar-refractivity contribution is -0.147. The van der Waals surface area contributed by atoms with Crippen molar-refractivity contribution < 1.29 is 19.4 Å². The van der Waals surface area contributed by atoms with Crippen molar-refractivity contribution in [1.29, 1.82) is 0 Å². The Kier molecular flexibility index (Phi) is 2.57. The summed E-state index contributed by atoms with van der Waals surface area (Å²) >= 11 is 0. The zero-order valence-corrected chi connectivity index (χ0v) is 9.78. The fraction of sp³-hybridized carbons (Fsp3) is 0.833. The van der Waals surface area contributed by atoms with E-state index >= 15 is 0 Å². The maximum absolute atomic E-state index is 11.8. The number of esters is 1. The smallest absolute Gasteiger partial charge is 0.305 e. The molecule has 0 heterocycles. The van der Waals surface area contributed by atoms with E-state index in [9.17, 15) is 14.7 Å². The molecule has 0 aromatic carbocycles. The minimum absolute atomic E-state index is 0.128. The molecule has 2 fully saturated rings. The molecule has 2 aliphatic rings. The summed E-state index contributed by atoms with van der Waals surface area (Å²) < 4.78 is 4.63. The van der Waals surface area contributed by atoms with E-state index in [4.69, 9.17) is 0 Å².